The van der Waals surface area contributed by atoms with Crippen molar-refractivity contribution in [3.63, 3.8) is 0 Å². The molecule has 1 aromatic carbocycles. The van der Waals surface area contributed by atoms with Gasteiger partial charge in [-0.2, -0.15) is 0 Å². The van der Waals surface area contributed by atoms with E-state index in [1.54, 1.807) is 4.90 Å². The number of amides is 1. The lowest BCUT2D eigenvalue weighted by Crippen LogP contribution is -2.49. The van der Waals surface area contributed by atoms with E-state index in [4.69, 9.17) is 4.74 Å². The predicted octanol–water partition coefficient (Wildman–Crippen LogP) is 2.15. The Balaban J connectivity index is 1.69. The summed E-state index contributed by atoms with van der Waals surface area (Å²) in [6, 6.07) is 6.24. The lowest BCUT2D eigenvalue weighted by molar-refractivity contribution is 0.105. The number of hydrogen-bond donors (Lipinski definition) is 1. The molecule has 2 heterocycles. The minimum atomic E-state index is -0.211. The van der Waals surface area contributed by atoms with Gasteiger partial charge < -0.3 is 19.5 Å². The van der Waals surface area contributed by atoms with Crippen molar-refractivity contribution >= 4 is 22.8 Å². The Morgan fingerprint density at radius 3 is 2.81 bits per heavy atom. The SMILES string of the molecule is CCOC(=O)N1CCN(c2ccc3nc(C)[nH]c3c2)CC1. The number of aryl methyl sites for hydroxylation is 1. The maximum atomic E-state index is 11.7. The van der Waals surface area contributed by atoms with Gasteiger partial charge in [-0.25, -0.2) is 9.78 Å². The highest BCUT2D eigenvalue weighted by Crippen LogP contribution is 2.22. The number of carbonyl (C=O) groups excluding carboxylic acids is 1. The second-order valence-electron chi connectivity index (χ2n) is 5.20. The topological polar surface area (TPSA) is 61.5 Å². The third-order valence-corrected chi connectivity index (χ3v) is 3.75. The van der Waals surface area contributed by atoms with Crippen LogP contribution in [0.5, 0.6) is 0 Å². The van der Waals surface area contributed by atoms with E-state index < -0.39 is 0 Å². The molecule has 0 bridgehead atoms. The van der Waals surface area contributed by atoms with Gasteiger partial charge in [0.15, 0.2) is 0 Å². The van der Waals surface area contributed by atoms with Gasteiger partial charge in [0.05, 0.1) is 17.6 Å². The highest BCUT2D eigenvalue weighted by Gasteiger charge is 2.22. The molecule has 1 aromatic heterocycles. The van der Waals surface area contributed by atoms with Gasteiger partial charge in [-0.3, -0.25) is 0 Å². The minimum Gasteiger partial charge on any atom is -0.450 e. The monoisotopic (exact) mass is 288 g/mol. The van der Waals surface area contributed by atoms with Crippen molar-refractivity contribution in [3.8, 4) is 0 Å². The van der Waals surface area contributed by atoms with Crippen LogP contribution in [0.15, 0.2) is 18.2 Å². The molecule has 0 radical (unpaired) electrons. The summed E-state index contributed by atoms with van der Waals surface area (Å²) in [5.41, 5.74) is 3.20. The van der Waals surface area contributed by atoms with Gasteiger partial charge in [0.1, 0.15) is 5.82 Å². The number of ether oxygens (including phenoxy) is 1. The summed E-state index contributed by atoms with van der Waals surface area (Å²) in [5, 5.41) is 0. The van der Waals surface area contributed by atoms with E-state index in [-0.39, 0.29) is 6.09 Å². The second-order valence-corrected chi connectivity index (χ2v) is 5.20. The zero-order valence-corrected chi connectivity index (χ0v) is 12.4. The van der Waals surface area contributed by atoms with Crippen molar-refractivity contribution in [2.45, 2.75) is 13.8 Å². The third-order valence-electron chi connectivity index (χ3n) is 3.75. The number of rotatable bonds is 2. The summed E-state index contributed by atoms with van der Waals surface area (Å²) in [6.45, 7) is 7.23. The lowest BCUT2D eigenvalue weighted by Gasteiger charge is -2.35. The van der Waals surface area contributed by atoms with Gasteiger partial charge >= 0.3 is 6.09 Å². The van der Waals surface area contributed by atoms with Crippen LogP contribution in [-0.4, -0.2) is 53.7 Å². The molecule has 2 aromatic rings. The molecule has 6 nitrogen and oxygen atoms in total. The molecule has 1 aliphatic rings. The van der Waals surface area contributed by atoms with E-state index in [2.05, 4.69) is 27.0 Å². The van der Waals surface area contributed by atoms with Gasteiger partial charge in [0.2, 0.25) is 0 Å². The van der Waals surface area contributed by atoms with Crippen LogP contribution in [0.3, 0.4) is 0 Å². The van der Waals surface area contributed by atoms with E-state index in [0.29, 0.717) is 19.7 Å². The molecule has 1 fully saturated rings. The number of hydrogen-bond acceptors (Lipinski definition) is 4. The predicted molar refractivity (Wildman–Crippen MR) is 81.6 cm³/mol. The van der Waals surface area contributed by atoms with E-state index in [1.165, 1.54) is 0 Å². The number of imidazole rings is 1. The van der Waals surface area contributed by atoms with Crippen molar-refractivity contribution in [1.29, 1.82) is 0 Å². The summed E-state index contributed by atoms with van der Waals surface area (Å²) in [5.74, 6) is 0.925. The van der Waals surface area contributed by atoms with Crippen LogP contribution in [-0.2, 0) is 4.74 Å². The molecule has 0 saturated carbocycles. The first-order valence-electron chi connectivity index (χ1n) is 7.30. The van der Waals surface area contributed by atoms with Crippen LogP contribution in [0.4, 0.5) is 10.5 Å². The number of nitrogens with zero attached hydrogens (tertiary/aromatic N) is 3. The molecule has 0 aliphatic carbocycles. The zero-order chi connectivity index (χ0) is 14.8. The molecular weight excluding hydrogens is 268 g/mol. The van der Waals surface area contributed by atoms with Crippen LogP contribution >= 0.6 is 0 Å². The molecule has 21 heavy (non-hydrogen) atoms. The maximum absolute atomic E-state index is 11.7. The Hall–Kier alpha value is -2.24. The smallest absolute Gasteiger partial charge is 0.409 e. The van der Waals surface area contributed by atoms with Gasteiger partial charge in [0, 0.05) is 31.9 Å². The molecule has 0 atom stereocenters. The van der Waals surface area contributed by atoms with Crippen LogP contribution in [0.1, 0.15) is 12.7 Å². The van der Waals surface area contributed by atoms with Crippen LogP contribution in [0, 0.1) is 6.92 Å². The summed E-state index contributed by atoms with van der Waals surface area (Å²) in [6.07, 6.45) is -0.211. The molecule has 3 rings (SSSR count). The van der Waals surface area contributed by atoms with E-state index in [9.17, 15) is 4.79 Å². The fourth-order valence-electron chi connectivity index (χ4n) is 2.68. The fraction of sp³-hybridized carbons (Fsp3) is 0.467. The summed E-state index contributed by atoms with van der Waals surface area (Å²) < 4.78 is 5.04. The van der Waals surface area contributed by atoms with Crippen molar-refractivity contribution in [2.24, 2.45) is 0 Å². The van der Waals surface area contributed by atoms with Gasteiger partial charge in [-0.1, -0.05) is 0 Å². The molecule has 6 heteroatoms. The first-order valence-corrected chi connectivity index (χ1v) is 7.30. The first-order chi connectivity index (χ1) is 10.2. The fourth-order valence-corrected chi connectivity index (χ4v) is 2.68. The van der Waals surface area contributed by atoms with Crippen molar-refractivity contribution in [2.75, 3.05) is 37.7 Å². The van der Waals surface area contributed by atoms with Crippen molar-refractivity contribution in [3.05, 3.63) is 24.0 Å². The number of carbonyl (C=O) groups is 1. The first kappa shape index (κ1) is 13.7. The highest BCUT2D eigenvalue weighted by atomic mass is 16.6. The van der Waals surface area contributed by atoms with Gasteiger partial charge in [0.25, 0.3) is 0 Å². The Morgan fingerprint density at radius 1 is 1.33 bits per heavy atom. The number of benzene rings is 1. The normalized spacial score (nSPS) is 15.5. The van der Waals surface area contributed by atoms with Gasteiger partial charge in [-0.05, 0) is 32.0 Å². The average Bonchev–Trinajstić information content (AvgIpc) is 2.86. The summed E-state index contributed by atoms with van der Waals surface area (Å²) in [7, 11) is 0. The molecule has 1 saturated heterocycles. The number of nitrogens with one attached hydrogen (secondary N) is 1. The zero-order valence-electron chi connectivity index (χ0n) is 12.4. The molecule has 0 unspecified atom stereocenters. The third kappa shape index (κ3) is 2.79. The Bertz CT molecular complexity index is 644. The van der Waals surface area contributed by atoms with E-state index >= 15 is 0 Å². The van der Waals surface area contributed by atoms with Crippen LogP contribution < -0.4 is 4.90 Å². The second kappa shape index (κ2) is 5.63. The molecule has 112 valence electrons. The number of H-pyrrole nitrogens is 1. The van der Waals surface area contributed by atoms with Crippen molar-refractivity contribution < 1.29 is 9.53 Å². The average molecular weight is 288 g/mol. The largest absolute Gasteiger partial charge is 0.450 e. The Kier molecular flexibility index (Phi) is 3.68. The number of piperazine rings is 1. The number of anilines is 1. The standard InChI is InChI=1S/C15H20N4O2/c1-3-21-15(20)19-8-6-18(7-9-19)12-4-5-13-14(10-12)17-11(2)16-13/h4-5,10H,3,6-9H2,1-2H3,(H,16,17). The van der Waals surface area contributed by atoms with Gasteiger partial charge in [-0.15, -0.1) is 0 Å². The molecule has 1 aliphatic heterocycles. The summed E-state index contributed by atoms with van der Waals surface area (Å²) >= 11 is 0. The van der Waals surface area contributed by atoms with Crippen molar-refractivity contribution in [1.82, 2.24) is 14.9 Å². The molecular formula is C15H20N4O2. The maximum Gasteiger partial charge on any atom is 0.409 e. The number of fused-ring (bicyclic) bond motifs is 1. The molecule has 1 amide bonds. The number of aromatic amines is 1. The highest BCUT2D eigenvalue weighted by molar-refractivity contribution is 5.79. The van der Waals surface area contributed by atoms with Crippen LogP contribution in [0.25, 0.3) is 11.0 Å². The van der Waals surface area contributed by atoms with Crippen LogP contribution in [0.2, 0.25) is 0 Å². The quantitative estimate of drug-likeness (QED) is 0.920. The molecule has 0 spiro atoms. The van der Waals surface area contributed by atoms with E-state index in [0.717, 1.165) is 35.6 Å². The minimum absolute atomic E-state index is 0.211. The Labute approximate surface area is 123 Å². The molecule has 1 N–H and O–H groups in total. The number of aromatic nitrogens is 2. The Morgan fingerprint density at radius 2 is 2.10 bits per heavy atom. The summed E-state index contributed by atoms with van der Waals surface area (Å²) in [4.78, 5) is 23.4. The lowest BCUT2D eigenvalue weighted by atomic mass is 10.2. The van der Waals surface area contributed by atoms with E-state index in [1.807, 2.05) is 19.9 Å².